The number of rotatable bonds is 3. The van der Waals surface area contributed by atoms with E-state index in [4.69, 9.17) is 5.11 Å². The minimum absolute atomic E-state index is 0.153. The van der Waals surface area contributed by atoms with Crippen LogP contribution in [0.5, 0.6) is 0 Å². The normalized spacial score (nSPS) is 10.9. The third-order valence-electron chi connectivity index (χ3n) is 2.09. The van der Waals surface area contributed by atoms with Gasteiger partial charge in [-0.25, -0.2) is 18.9 Å². The zero-order valence-corrected chi connectivity index (χ0v) is 8.62. The van der Waals surface area contributed by atoms with E-state index in [1.165, 1.54) is 35.5 Å². The molecule has 0 saturated carbocycles. The van der Waals surface area contributed by atoms with E-state index in [1.54, 1.807) is 6.07 Å². The fourth-order valence-corrected chi connectivity index (χ4v) is 1.38. The lowest BCUT2D eigenvalue weighted by molar-refractivity contribution is -0.131. The first-order valence-corrected chi connectivity index (χ1v) is 4.73. The van der Waals surface area contributed by atoms with Crippen LogP contribution in [-0.2, 0) is 4.79 Å². The Morgan fingerprint density at radius 3 is 2.94 bits per heavy atom. The molecule has 2 rings (SSSR count). The van der Waals surface area contributed by atoms with E-state index in [1.807, 2.05) is 0 Å². The van der Waals surface area contributed by atoms with Gasteiger partial charge in [0.05, 0.1) is 5.69 Å². The highest BCUT2D eigenvalue weighted by atomic mass is 19.1. The molecule has 1 aromatic heterocycles. The third-order valence-corrected chi connectivity index (χ3v) is 2.09. The van der Waals surface area contributed by atoms with Crippen LogP contribution in [0.1, 0.15) is 5.56 Å². The van der Waals surface area contributed by atoms with Crippen molar-refractivity contribution in [3.8, 4) is 5.69 Å². The molecule has 0 bridgehead atoms. The topological polar surface area (TPSA) is 68.0 Å². The summed E-state index contributed by atoms with van der Waals surface area (Å²) in [5.74, 6) is -1.66. The Hall–Kier alpha value is -2.50. The number of hydrogen-bond acceptors (Lipinski definition) is 3. The minimum Gasteiger partial charge on any atom is -0.478 e. The molecular weight excluding hydrogens is 225 g/mol. The van der Waals surface area contributed by atoms with Gasteiger partial charge in [-0.1, -0.05) is 6.07 Å². The molecule has 0 amide bonds. The molecule has 5 nitrogen and oxygen atoms in total. The summed E-state index contributed by atoms with van der Waals surface area (Å²) in [6.07, 6.45) is 4.79. The average Bonchev–Trinajstić information content (AvgIpc) is 2.80. The van der Waals surface area contributed by atoms with E-state index >= 15 is 0 Å². The van der Waals surface area contributed by atoms with E-state index in [0.717, 1.165) is 6.08 Å². The molecule has 0 unspecified atom stereocenters. The van der Waals surface area contributed by atoms with Gasteiger partial charge in [0.25, 0.3) is 0 Å². The summed E-state index contributed by atoms with van der Waals surface area (Å²) in [4.78, 5) is 14.2. The Balaban J connectivity index is 2.53. The van der Waals surface area contributed by atoms with E-state index in [0.29, 0.717) is 5.69 Å². The third kappa shape index (κ3) is 2.36. The lowest BCUT2D eigenvalue weighted by atomic mass is 10.1. The Bertz CT molecular complexity index is 564. The molecule has 17 heavy (non-hydrogen) atoms. The smallest absolute Gasteiger partial charge is 0.328 e. The van der Waals surface area contributed by atoms with Crippen LogP contribution in [0.25, 0.3) is 11.8 Å². The number of benzene rings is 1. The molecule has 86 valence electrons. The highest BCUT2D eigenvalue weighted by Gasteiger charge is 2.08. The number of carboxylic acid groups (broad SMARTS) is 1. The maximum absolute atomic E-state index is 13.6. The molecule has 0 spiro atoms. The molecule has 6 heteroatoms. The van der Waals surface area contributed by atoms with Crippen molar-refractivity contribution >= 4 is 12.0 Å². The summed E-state index contributed by atoms with van der Waals surface area (Å²) >= 11 is 0. The van der Waals surface area contributed by atoms with Gasteiger partial charge < -0.3 is 5.11 Å². The second kappa shape index (κ2) is 4.56. The number of hydrogen-bond donors (Lipinski definition) is 1. The number of carboxylic acids is 1. The lowest BCUT2D eigenvalue weighted by Crippen LogP contribution is -2.00. The van der Waals surface area contributed by atoms with Crippen LogP contribution >= 0.6 is 0 Å². The SMILES string of the molecule is O=C(O)/C=C/c1c(F)cccc1-n1cncn1. The number of carbonyl (C=O) groups is 1. The van der Waals surface area contributed by atoms with Crippen LogP contribution in [0.3, 0.4) is 0 Å². The number of aliphatic carboxylic acids is 1. The quantitative estimate of drug-likeness (QED) is 0.816. The first kappa shape index (κ1) is 11.0. The Labute approximate surface area is 95.8 Å². The molecule has 0 aliphatic heterocycles. The van der Waals surface area contributed by atoms with Crippen LogP contribution < -0.4 is 0 Å². The fraction of sp³-hybridized carbons (Fsp3) is 0. The van der Waals surface area contributed by atoms with E-state index in [-0.39, 0.29) is 5.56 Å². The molecule has 0 fully saturated rings. The Morgan fingerprint density at radius 2 is 2.29 bits per heavy atom. The second-order valence-corrected chi connectivity index (χ2v) is 3.18. The predicted octanol–water partition coefficient (Wildman–Crippen LogP) is 1.50. The second-order valence-electron chi connectivity index (χ2n) is 3.18. The fourth-order valence-electron chi connectivity index (χ4n) is 1.38. The molecular formula is C11H8FN3O2. The van der Waals surface area contributed by atoms with E-state index in [2.05, 4.69) is 10.1 Å². The summed E-state index contributed by atoms with van der Waals surface area (Å²) < 4.78 is 15.0. The van der Waals surface area contributed by atoms with Gasteiger partial charge in [0, 0.05) is 11.6 Å². The van der Waals surface area contributed by atoms with Crippen molar-refractivity contribution in [1.82, 2.24) is 14.8 Å². The van der Waals surface area contributed by atoms with Gasteiger partial charge in [-0.15, -0.1) is 0 Å². The highest BCUT2D eigenvalue weighted by molar-refractivity contribution is 5.86. The van der Waals surface area contributed by atoms with Crippen molar-refractivity contribution in [3.63, 3.8) is 0 Å². The average molecular weight is 233 g/mol. The minimum atomic E-state index is -1.14. The zero-order valence-electron chi connectivity index (χ0n) is 8.62. The van der Waals surface area contributed by atoms with Gasteiger partial charge in [0.15, 0.2) is 0 Å². The van der Waals surface area contributed by atoms with Gasteiger partial charge in [0.2, 0.25) is 0 Å². The molecule has 0 atom stereocenters. The van der Waals surface area contributed by atoms with Crippen LogP contribution in [-0.4, -0.2) is 25.8 Å². The largest absolute Gasteiger partial charge is 0.478 e. The number of aromatic nitrogens is 3. The van der Waals surface area contributed by atoms with Gasteiger partial charge >= 0.3 is 5.97 Å². The molecule has 1 aromatic carbocycles. The molecule has 0 aliphatic rings. The number of nitrogens with zero attached hydrogens (tertiary/aromatic N) is 3. The monoisotopic (exact) mass is 233 g/mol. The molecule has 0 radical (unpaired) electrons. The van der Waals surface area contributed by atoms with E-state index < -0.39 is 11.8 Å². The van der Waals surface area contributed by atoms with Gasteiger partial charge in [-0.3, -0.25) is 0 Å². The van der Waals surface area contributed by atoms with Crippen LogP contribution in [0.2, 0.25) is 0 Å². The summed E-state index contributed by atoms with van der Waals surface area (Å²) in [6, 6.07) is 4.39. The van der Waals surface area contributed by atoms with Gasteiger partial charge in [-0.05, 0) is 18.2 Å². The van der Waals surface area contributed by atoms with Crippen molar-refractivity contribution in [1.29, 1.82) is 0 Å². The summed E-state index contributed by atoms with van der Waals surface area (Å²) in [6.45, 7) is 0. The van der Waals surface area contributed by atoms with Crippen molar-refractivity contribution in [3.05, 3.63) is 48.3 Å². The lowest BCUT2D eigenvalue weighted by Gasteiger charge is -2.05. The van der Waals surface area contributed by atoms with Crippen molar-refractivity contribution in [2.24, 2.45) is 0 Å². The summed E-state index contributed by atoms with van der Waals surface area (Å²) in [5.41, 5.74) is 0.584. The van der Waals surface area contributed by atoms with Gasteiger partial charge in [-0.2, -0.15) is 5.10 Å². The van der Waals surface area contributed by atoms with Gasteiger partial charge in [0.1, 0.15) is 18.5 Å². The van der Waals surface area contributed by atoms with Crippen molar-refractivity contribution < 1.29 is 14.3 Å². The molecule has 0 saturated heterocycles. The summed E-state index contributed by atoms with van der Waals surface area (Å²) in [5, 5.41) is 12.4. The zero-order chi connectivity index (χ0) is 12.3. The summed E-state index contributed by atoms with van der Waals surface area (Å²) in [7, 11) is 0. The highest BCUT2D eigenvalue weighted by Crippen LogP contribution is 2.18. The Morgan fingerprint density at radius 1 is 1.47 bits per heavy atom. The predicted molar refractivity (Wildman–Crippen MR) is 58.0 cm³/mol. The number of halogens is 1. The molecule has 2 aromatic rings. The van der Waals surface area contributed by atoms with Crippen LogP contribution in [0.15, 0.2) is 36.9 Å². The maximum atomic E-state index is 13.6. The van der Waals surface area contributed by atoms with Crippen molar-refractivity contribution in [2.75, 3.05) is 0 Å². The van der Waals surface area contributed by atoms with E-state index in [9.17, 15) is 9.18 Å². The standard InChI is InChI=1S/C11H8FN3O2/c12-9-2-1-3-10(15-7-13-6-14-15)8(9)4-5-11(16)17/h1-7H,(H,16,17)/b5-4+. The Kier molecular flexibility index (Phi) is 2.95. The molecule has 1 N–H and O–H groups in total. The first-order valence-electron chi connectivity index (χ1n) is 4.73. The van der Waals surface area contributed by atoms with Crippen molar-refractivity contribution in [2.45, 2.75) is 0 Å². The molecule has 1 heterocycles. The maximum Gasteiger partial charge on any atom is 0.328 e. The van der Waals surface area contributed by atoms with Crippen LogP contribution in [0, 0.1) is 5.82 Å². The first-order chi connectivity index (χ1) is 8.18. The van der Waals surface area contributed by atoms with Crippen LogP contribution in [0.4, 0.5) is 4.39 Å². The molecule has 0 aliphatic carbocycles.